The van der Waals surface area contributed by atoms with Crippen molar-refractivity contribution in [3.8, 4) is 0 Å². The van der Waals surface area contributed by atoms with Crippen molar-refractivity contribution in [1.82, 2.24) is 4.90 Å². The fraction of sp³-hybridized carbons (Fsp3) is 0.588. The summed E-state index contributed by atoms with van der Waals surface area (Å²) in [6.45, 7) is 3.43. The second-order valence-corrected chi connectivity index (χ2v) is 7.10. The van der Waals surface area contributed by atoms with Crippen molar-refractivity contribution < 1.29 is 4.79 Å². The molecule has 1 aromatic rings. The zero-order chi connectivity index (χ0) is 14.4. The Hall–Kier alpha value is -1.22. The van der Waals surface area contributed by atoms with Gasteiger partial charge in [-0.2, -0.15) is 0 Å². The van der Waals surface area contributed by atoms with Crippen LogP contribution in [0, 0.1) is 17.8 Å². The van der Waals surface area contributed by atoms with E-state index in [0.29, 0.717) is 11.8 Å². The van der Waals surface area contributed by atoms with Crippen LogP contribution in [0.5, 0.6) is 0 Å². The summed E-state index contributed by atoms with van der Waals surface area (Å²) in [6.07, 6.45) is 3.67. The average Bonchev–Trinajstić information content (AvgIpc) is 3.13. The summed E-state index contributed by atoms with van der Waals surface area (Å²) in [6, 6.07) is 7.96. The van der Waals surface area contributed by atoms with Crippen LogP contribution in [0.1, 0.15) is 19.3 Å². The molecule has 3 fully saturated rings. The number of carbonyl (C=O) groups excluding carboxylic acids is 1. The standard InChI is InChI=1S/C17H21ClN2O/c18-15-3-1-2-4-16(15)19-5-7-20(8-6-19)17(21)14-10-12-9-13(12)11-14/h1-4,12-14H,5-11H2. The van der Waals surface area contributed by atoms with Gasteiger partial charge >= 0.3 is 0 Å². The summed E-state index contributed by atoms with van der Waals surface area (Å²) in [7, 11) is 0. The predicted octanol–water partition coefficient (Wildman–Crippen LogP) is 3.03. The molecule has 3 aliphatic rings. The van der Waals surface area contributed by atoms with E-state index in [-0.39, 0.29) is 0 Å². The van der Waals surface area contributed by atoms with Crippen LogP contribution in [0.4, 0.5) is 5.69 Å². The van der Waals surface area contributed by atoms with Gasteiger partial charge in [0, 0.05) is 32.1 Å². The van der Waals surface area contributed by atoms with Crippen molar-refractivity contribution in [2.45, 2.75) is 19.3 Å². The zero-order valence-electron chi connectivity index (χ0n) is 12.2. The molecule has 21 heavy (non-hydrogen) atoms. The van der Waals surface area contributed by atoms with Gasteiger partial charge in [0.05, 0.1) is 10.7 Å². The summed E-state index contributed by atoms with van der Waals surface area (Å²) in [5, 5.41) is 0.799. The van der Waals surface area contributed by atoms with Gasteiger partial charge < -0.3 is 9.80 Å². The summed E-state index contributed by atoms with van der Waals surface area (Å²) in [5.41, 5.74) is 1.09. The minimum Gasteiger partial charge on any atom is -0.367 e. The Morgan fingerprint density at radius 2 is 1.67 bits per heavy atom. The van der Waals surface area contributed by atoms with Crippen LogP contribution in [-0.4, -0.2) is 37.0 Å². The van der Waals surface area contributed by atoms with Gasteiger partial charge in [-0.1, -0.05) is 23.7 Å². The molecule has 112 valence electrons. The van der Waals surface area contributed by atoms with Crippen LogP contribution in [0.3, 0.4) is 0 Å². The fourth-order valence-electron chi connectivity index (χ4n) is 4.05. The molecule has 1 saturated heterocycles. The molecule has 1 aliphatic heterocycles. The molecule has 2 aliphatic carbocycles. The number of rotatable bonds is 2. The molecule has 0 radical (unpaired) electrons. The Morgan fingerprint density at radius 1 is 1.00 bits per heavy atom. The Kier molecular flexibility index (Phi) is 3.33. The van der Waals surface area contributed by atoms with Crippen LogP contribution < -0.4 is 4.90 Å². The molecule has 2 saturated carbocycles. The van der Waals surface area contributed by atoms with Gasteiger partial charge in [0.15, 0.2) is 0 Å². The number of hydrogen-bond acceptors (Lipinski definition) is 2. The largest absolute Gasteiger partial charge is 0.367 e. The highest BCUT2D eigenvalue weighted by atomic mass is 35.5. The smallest absolute Gasteiger partial charge is 0.225 e. The van der Waals surface area contributed by atoms with Crippen molar-refractivity contribution >= 4 is 23.2 Å². The van der Waals surface area contributed by atoms with Gasteiger partial charge in [-0.15, -0.1) is 0 Å². The lowest BCUT2D eigenvalue weighted by Crippen LogP contribution is -2.50. The number of carbonyl (C=O) groups is 1. The van der Waals surface area contributed by atoms with Crippen molar-refractivity contribution in [1.29, 1.82) is 0 Å². The molecule has 1 heterocycles. The van der Waals surface area contributed by atoms with E-state index in [1.807, 2.05) is 18.2 Å². The van der Waals surface area contributed by atoms with E-state index in [4.69, 9.17) is 11.6 Å². The molecule has 3 nitrogen and oxygen atoms in total. The molecule has 2 unspecified atom stereocenters. The first-order chi connectivity index (χ1) is 10.2. The monoisotopic (exact) mass is 304 g/mol. The molecule has 1 aromatic carbocycles. The topological polar surface area (TPSA) is 23.6 Å². The predicted molar refractivity (Wildman–Crippen MR) is 84.6 cm³/mol. The van der Waals surface area contributed by atoms with Crippen molar-refractivity contribution in [3.63, 3.8) is 0 Å². The molecular weight excluding hydrogens is 284 g/mol. The van der Waals surface area contributed by atoms with Crippen LogP contribution in [0.15, 0.2) is 24.3 Å². The lowest BCUT2D eigenvalue weighted by Gasteiger charge is -2.37. The van der Waals surface area contributed by atoms with Gasteiger partial charge in [-0.3, -0.25) is 4.79 Å². The van der Waals surface area contributed by atoms with Gasteiger partial charge in [0.25, 0.3) is 0 Å². The first kappa shape index (κ1) is 13.4. The maximum absolute atomic E-state index is 12.6. The number of piperazine rings is 1. The molecule has 0 bridgehead atoms. The highest BCUT2D eigenvalue weighted by Gasteiger charge is 2.48. The Labute approximate surface area is 130 Å². The van der Waals surface area contributed by atoms with Crippen LogP contribution in [0.2, 0.25) is 5.02 Å². The summed E-state index contributed by atoms with van der Waals surface area (Å²) >= 11 is 6.26. The van der Waals surface area contributed by atoms with E-state index in [9.17, 15) is 4.79 Å². The number of hydrogen-bond donors (Lipinski definition) is 0. The van der Waals surface area contributed by atoms with Gasteiger partial charge in [0.2, 0.25) is 5.91 Å². The number of fused-ring (bicyclic) bond motifs is 1. The summed E-state index contributed by atoms with van der Waals surface area (Å²) in [5.74, 6) is 2.48. The molecular formula is C17H21ClN2O. The quantitative estimate of drug-likeness (QED) is 0.838. The van der Waals surface area contributed by atoms with Crippen molar-refractivity contribution in [3.05, 3.63) is 29.3 Å². The maximum Gasteiger partial charge on any atom is 0.225 e. The van der Waals surface area contributed by atoms with Crippen LogP contribution >= 0.6 is 11.6 Å². The number of para-hydroxylation sites is 1. The second-order valence-electron chi connectivity index (χ2n) is 6.69. The minimum atomic E-state index is 0.320. The van der Waals surface area contributed by atoms with Gasteiger partial charge in [-0.25, -0.2) is 0 Å². The van der Waals surface area contributed by atoms with Gasteiger partial charge in [-0.05, 0) is 43.2 Å². The van der Waals surface area contributed by atoms with Crippen molar-refractivity contribution in [2.24, 2.45) is 17.8 Å². The SMILES string of the molecule is O=C(C1CC2CC2C1)N1CCN(c2ccccc2Cl)CC1. The summed E-state index contributed by atoms with van der Waals surface area (Å²) in [4.78, 5) is 16.9. The summed E-state index contributed by atoms with van der Waals surface area (Å²) < 4.78 is 0. The third-order valence-electron chi connectivity index (χ3n) is 5.38. The Bertz CT molecular complexity index is 543. The fourth-order valence-corrected chi connectivity index (χ4v) is 4.31. The first-order valence-electron chi connectivity index (χ1n) is 8.00. The minimum absolute atomic E-state index is 0.320. The Morgan fingerprint density at radius 3 is 2.33 bits per heavy atom. The van der Waals surface area contributed by atoms with E-state index in [2.05, 4.69) is 15.9 Å². The van der Waals surface area contributed by atoms with E-state index < -0.39 is 0 Å². The normalized spacial score (nSPS) is 31.2. The molecule has 0 spiro atoms. The van der Waals surface area contributed by atoms with E-state index in [0.717, 1.165) is 61.6 Å². The molecule has 0 N–H and O–H groups in total. The third-order valence-corrected chi connectivity index (χ3v) is 5.70. The van der Waals surface area contributed by atoms with Crippen LogP contribution in [0.25, 0.3) is 0 Å². The number of halogens is 1. The lowest BCUT2D eigenvalue weighted by atomic mass is 10.0. The molecule has 2 atom stereocenters. The second kappa shape index (κ2) is 5.20. The lowest BCUT2D eigenvalue weighted by molar-refractivity contribution is -0.136. The third kappa shape index (κ3) is 2.52. The molecule has 1 amide bonds. The average molecular weight is 305 g/mol. The zero-order valence-corrected chi connectivity index (χ0v) is 12.9. The number of anilines is 1. The first-order valence-corrected chi connectivity index (χ1v) is 8.38. The van der Waals surface area contributed by atoms with E-state index in [1.54, 1.807) is 0 Å². The van der Waals surface area contributed by atoms with Crippen molar-refractivity contribution in [2.75, 3.05) is 31.1 Å². The highest BCUT2D eigenvalue weighted by molar-refractivity contribution is 6.33. The number of benzene rings is 1. The van der Waals surface area contributed by atoms with Gasteiger partial charge in [0.1, 0.15) is 0 Å². The number of amides is 1. The molecule has 0 aromatic heterocycles. The molecule has 4 rings (SSSR count). The molecule has 4 heteroatoms. The van der Waals surface area contributed by atoms with Crippen LogP contribution in [-0.2, 0) is 4.79 Å². The van der Waals surface area contributed by atoms with E-state index >= 15 is 0 Å². The van der Waals surface area contributed by atoms with E-state index in [1.165, 1.54) is 6.42 Å². The maximum atomic E-state index is 12.6. The highest BCUT2D eigenvalue weighted by Crippen LogP contribution is 2.54. The number of nitrogens with zero attached hydrogens (tertiary/aromatic N) is 2. The Balaban J connectivity index is 1.36.